The van der Waals surface area contributed by atoms with E-state index in [2.05, 4.69) is 34.2 Å². The van der Waals surface area contributed by atoms with Crippen LogP contribution in [0, 0.1) is 17.8 Å². The Kier molecular flexibility index (Phi) is 6.77. The molecule has 5 atom stereocenters. The highest BCUT2D eigenvalue weighted by atomic mass is 19.4. The number of piperidine rings is 1. The molecule has 0 bridgehead atoms. The van der Waals surface area contributed by atoms with Crippen LogP contribution in [0.25, 0.3) is 0 Å². The normalized spacial score (nSPS) is 40.5. The average Bonchev–Trinajstić information content (AvgIpc) is 3.49. The second kappa shape index (κ2) is 9.47. The molecule has 3 saturated heterocycles. The Morgan fingerprint density at radius 1 is 1.03 bits per heavy atom. The summed E-state index contributed by atoms with van der Waals surface area (Å²) in [5.41, 5.74) is 4.55. The van der Waals surface area contributed by atoms with Crippen molar-refractivity contribution in [2.75, 3.05) is 26.7 Å². The lowest BCUT2D eigenvalue weighted by molar-refractivity contribution is -0.185. The molecule has 5 unspecified atom stereocenters. The van der Waals surface area contributed by atoms with Crippen LogP contribution in [0.5, 0.6) is 0 Å². The molecule has 4 fully saturated rings. The number of carbonyl (C=O) groups excluding carboxylic acids is 1. The molecule has 3 N–H and O–H groups in total. The number of nitrogens with one attached hydrogen (secondary N) is 3. The van der Waals surface area contributed by atoms with Crippen LogP contribution in [-0.4, -0.2) is 73.0 Å². The number of rotatable bonds is 3. The lowest BCUT2D eigenvalue weighted by atomic mass is 9.75. The van der Waals surface area contributed by atoms with Gasteiger partial charge in [-0.05, 0) is 69.6 Å². The third kappa shape index (κ3) is 4.97. The molecule has 0 aromatic rings. The van der Waals surface area contributed by atoms with Crippen molar-refractivity contribution >= 4 is 5.91 Å². The summed E-state index contributed by atoms with van der Waals surface area (Å²) in [6.07, 6.45) is 4.57. The van der Waals surface area contributed by atoms with Gasteiger partial charge in [-0.1, -0.05) is 6.08 Å². The van der Waals surface area contributed by atoms with Crippen molar-refractivity contribution in [1.82, 2.24) is 26.0 Å². The summed E-state index contributed by atoms with van der Waals surface area (Å²) in [6, 6.07) is 0.752. The largest absolute Gasteiger partial charge is 0.391 e. The first-order valence-electron chi connectivity index (χ1n) is 12.8. The smallest absolute Gasteiger partial charge is 0.337 e. The molecule has 186 valence electrons. The maximum atomic E-state index is 13.2. The van der Waals surface area contributed by atoms with Crippen LogP contribution in [0.4, 0.5) is 13.2 Å². The zero-order valence-corrected chi connectivity index (χ0v) is 19.5. The van der Waals surface area contributed by atoms with E-state index in [1.54, 1.807) is 0 Å². The predicted octanol–water partition coefficient (Wildman–Crippen LogP) is 2.78. The lowest BCUT2D eigenvalue weighted by Crippen LogP contribution is -2.73. The zero-order valence-electron chi connectivity index (χ0n) is 19.5. The van der Waals surface area contributed by atoms with E-state index >= 15 is 0 Å². The molecule has 5 aliphatic rings. The third-order valence-corrected chi connectivity index (χ3v) is 8.80. The second-order valence-corrected chi connectivity index (χ2v) is 10.9. The third-order valence-electron chi connectivity index (χ3n) is 8.80. The Hall–Kier alpha value is -1.16. The molecular formula is C24H38F3N5O. The van der Waals surface area contributed by atoms with E-state index in [0.717, 1.165) is 50.8 Å². The summed E-state index contributed by atoms with van der Waals surface area (Å²) < 4.78 is 39.6. The van der Waals surface area contributed by atoms with Gasteiger partial charge >= 0.3 is 6.18 Å². The molecule has 1 saturated carbocycles. The van der Waals surface area contributed by atoms with Gasteiger partial charge in [0.2, 0.25) is 5.91 Å². The van der Waals surface area contributed by atoms with Crippen molar-refractivity contribution in [3.8, 4) is 0 Å². The molecular weight excluding hydrogens is 431 g/mol. The van der Waals surface area contributed by atoms with Gasteiger partial charge in [-0.25, -0.2) is 5.01 Å². The van der Waals surface area contributed by atoms with Crippen LogP contribution in [0.3, 0.4) is 0 Å². The van der Waals surface area contributed by atoms with E-state index in [9.17, 15) is 18.0 Å². The fraction of sp³-hybridized carbons (Fsp3) is 0.875. The number of hydrogen-bond donors (Lipinski definition) is 3. The monoisotopic (exact) mass is 469 g/mol. The number of fused-ring (bicyclic) bond motifs is 1. The van der Waals surface area contributed by atoms with Crippen molar-refractivity contribution in [2.24, 2.45) is 17.8 Å². The number of amides is 1. The quantitative estimate of drug-likeness (QED) is 0.594. The second-order valence-electron chi connectivity index (χ2n) is 10.9. The van der Waals surface area contributed by atoms with E-state index < -0.39 is 12.1 Å². The lowest BCUT2D eigenvalue weighted by Gasteiger charge is -2.52. The summed E-state index contributed by atoms with van der Waals surface area (Å²) in [7, 11) is 2.06. The van der Waals surface area contributed by atoms with Gasteiger partial charge in [-0.3, -0.25) is 20.9 Å². The average molecular weight is 470 g/mol. The molecule has 2 aliphatic carbocycles. The summed E-state index contributed by atoms with van der Waals surface area (Å²) in [6.45, 7) is 2.46. The van der Waals surface area contributed by atoms with E-state index in [4.69, 9.17) is 0 Å². The van der Waals surface area contributed by atoms with E-state index in [0.29, 0.717) is 31.3 Å². The molecule has 1 amide bonds. The highest BCUT2D eigenvalue weighted by Gasteiger charge is 2.48. The molecule has 0 aromatic heterocycles. The number of hydrazine groups is 1. The van der Waals surface area contributed by atoms with Gasteiger partial charge in [0.25, 0.3) is 0 Å². The molecule has 33 heavy (non-hydrogen) atoms. The van der Waals surface area contributed by atoms with Gasteiger partial charge in [0, 0.05) is 50.4 Å². The minimum absolute atomic E-state index is 0.00103. The van der Waals surface area contributed by atoms with Crippen molar-refractivity contribution in [3.05, 3.63) is 11.6 Å². The van der Waals surface area contributed by atoms with Crippen LogP contribution >= 0.6 is 0 Å². The summed E-state index contributed by atoms with van der Waals surface area (Å²) in [4.78, 5) is 15.1. The molecule has 0 aromatic carbocycles. The van der Waals surface area contributed by atoms with Crippen molar-refractivity contribution in [1.29, 1.82) is 0 Å². The van der Waals surface area contributed by atoms with Gasteiger partial charge in [0.15, 0.2) is 0 Å². The Balaban J connectivity index is 1.29. The number of carbonyl (C=O) groups is 1. The first-order chi connectivity index (χ1) is 15.8. The van der Waals surface area contributed by atoms with E-state index in [1.807, 2.05) is 4.90 Å². The van der Waals surface area contributed by atoms with Gasteiger partial charge in [-0.2, -0.15) is 13.2 Å². The highest BCUT2D eigenvalue weighted by Crippen LogP contribution is 2.41. The van der Waals surface area contributed by atoms with Crippen LogP contribution in [0.1, 0.15) is 57.8 Å². The summed E-state index contributed by atoms with van der Waals surface area (Å²) >= 11 is 0. The minimum Gasteiger partial charge on any atom is -0.337 e. The van der Waals surface area contributed by atoms with Crippen molar-refractivity contribution in [3.63, 3.8) is 0 Å². The van der Waals surface area contributed by atoms with Crippen molar-refractivity contribution in [2.45, 2.75) is 88.3 Å². The molecule has 0 radical (unpaired) electrons. The fourth-order valence-corrected chi connectivity index (χ4v) is 6.91. The molecule has 3 aliphatic heterocycles. The van der Waals surface area contributed by atoms with Crippen LogP contribution in [0.15, 0.2) is 11.6 Å². The minimum atomic E-state index is -4.08. The molecule has 9 heteroatoms. The molecule has 6 nitrogen and oxygen atoms in total. The van der Waals surface area contributed by atoms with Crippen LogP contribution in [-0.2, 0) is 4.79 Å². The number of alkyl halides is 3. The Bertz CT molecular complexity index is 751. The Morgan fingerprint density at radius 3 is 2.45 bits per heavy atom. The molecule has 0 spiro atoms. The number of hydrogen-bond acceptors (Lipinski definition) is 5. The van der Waals surface area contributed by atoms with E-state index in [-0.39, 0.29) is 42.9 Å². The topological polar surface area (TPSA) is 59.6 Å². The van der Waals surface area contributed by atoms with Gasteiger partial charge in [-0.15, -0.1) is 0 Å². The number of halogens is 3. The first kappa shape index (κ1) is 23.6. The molecule has 3 heterocycles. The Labute approximate surface area is 194 Å². The van der Waals surface area contributed by atoms with Gasteiger partial charge < -0.3 is 4.90 Å². The maximum absolute atomic E-state index is 13.2. The molecule has 5 rings (SSSR count). The summed E-state index contributed by atoms with van der Waals surface area (Å²) in [5.74, 6) is -0.384. The summed E-state index contributed by atoms with van der Waals surface area (Å²) in [5, 5.41) is 9.75. The van der Waals surface area contributed by atoms with Crippen molar-refractivity contribution < 1.29 is 18.0 Å². The highest BCUT2D eigenvalue weighted by molar-refractivity contribution is 5.93. The standard InChI is InChI=1S/C24H38F3N5O/c1-31-12-11-19(30-31)21-18-10-13-32(23(33)16-4-2-3-5-16)14-20(18)28-22(29-21)15-6-8-17(9-7-15)24(25,26)27/h4,15,17-22,28-30H,2-3,5-14H2,1H3. The van der Waals surface area contributed by atoms with Gasteiger partial charge in [0.1, 0.15) is 0 Å². The first-order valence-corrected chi connectivity index (χ1v) is 12.8. The van der Waals surface area contributed by atoms with E-state index in [1.165, 1.54) is 0 Å². The van der Waals surface area contributed by atoms with Crippen LogP contribution in [0.2, 0.25) is 0 Å². The number of allylic oxidation sites excluding steroid dienone is 1. The fourth-order valence-electron chi connectivity index (χ4n) is 6.91. The number of likely N-dealkylation sites (tertiary alicyclic amines) is 1. The Morgan fingerprint density at radius 2 is 1.82 bits per heavy atom. The van der Waals surface area contributed by atoms with Gasteiger partial charge in [0.05, 0.1) is 12.1 Å². The predicted molar refractivity (Wildman–Crippen MR) is 120 cm³/mol. The maximum Gasteiger partial charge on any atom is 0.391 e. The van der Waals surface area contributed by atoms with Crippen LogP contribution < -0.4 is 16.1 Å². The zero-order chi connectivity index (χ0) is 23.2. The SMILES string of the molecule is CN1CCC(C2NC(C3CCC(C(F)(F)F)CC3)NC3CN(C(=O)C4=CCCC4)CCC32)N1. The number of nitrogens with zero attached hydrogens (tertiary/aromatic N) is 2.